The summed E-state index contributed by atoms with van der Waals surface area (Å²) in [6.45, 7) is 4.44. The number of methoxy groups -OCH3 is 1. The molecule has 1 fully saturated rings. The average molecular weight is 313 g/mol. The lowest BCUT2D eigenvalue weighted by molar-refractivity contribution is -0.138. The Morgan fingerprint density at radius 3 is 2.52 bits per heavy atom. The number of carbonyl (C=O) groups is 1. The van der Waals surface area contributed by atoms with E-state index in [1.165, 1.54) is 0 Å². The van der Waals surface area contributed by atoms with Gasteiger partial charge in [0, 0.05) is 23.6 Å². The third-order valence-corrected chi connectivity index (χ3v) is 4.66. The molecule has 1 aliphatic carbocycles. The van der Waals surface area contributed by atoms with E-state index < -0.39 is 5.60 Å². The van der Waals surface area contributed by atoms with Crippen molar-refractivity contribution in [3.63, 3.8) is 0 Å². The molecule has 2 aromatic carbocycles. The van der Waals surface area contributed by atoms with Crippen molar-refractivity contribution in [2.75, 3.05) is 19.0 Å². The van der Waals surface area contributed by atoms with Gasteiger partial charge in [-0.25, -0.2) is 0 Å². The minimum Gasteiger partial charge on any atom is -0.493 e. The highest BCUT2D eigenvalue weighted by Gasteiger charge is 2.47. The molecule has 4 nitrogen and oxygen atoms in total. The van der Waals surface area contributed by atoms with Gasteiger partial charge in [0.25, 0.3) is 5.91 Å². The van der Waals surface area contributed by atoms with Crippen molar-refractivity contribution >= 4 is 22.4 Å². The van der Waals surface area contributed by atoms with Gasteiger partial charge in [0.2, 0.25) is 0 Å². The second-order valence-electron chi connectivity index (χ2n) is 6.13. The molecule has 0 aliphatic heterocycles. The SMILES string of the molecule is CCOc1ccc(NC(=O)C(C)(OC)C2CC2)c2ccccc12. The van der Waals surface area contributed by atoms with Crippen LogP contribution >= 0.6 is 0 Å². The largest absolute Gasteiger partial charge is 0.493 e. The molecule has 0 heterocycles. The molecule has 3 rings (SSSR count). The Bertz CT molecular complexity index is 724. The number of amides is 1. The zero-order valence-corrected chi connectivity index (χ0v) is 13.9. The number of ether oxygens (including phenoxy) is 2. The Morgan fingerprint density at radius 2 is 1.91 bits per heavy atom. The Hall–Kier alpha value is -2.07. The summed E-state index contributed by atoms with van der Waals surface area (Å²) in [7, 11) is 1.61. The molecule has 23 heavy (non-hydrogen) atoms. The summed E-state index contributed by atoms with van der Waals surface area (Å²) >= 11 is 0. The van der Waals surface area contributed by atoms with Crippen LogP contribution in [0, 0.1) is 5.92 Å². The van der Waals surface area contributed by atoms with Gasteiger partial charge in [-0.3, -0.25) is 4.79 Å². The summed E-state index contributed by atoms with van der Waals surface area (Å²) < 4.78 is 11.2. The fourth-order valence-corrected chi connectivity index (χ4v) is 2.99. The molecule has 0 spiro atoms. The van der Waals surface area contributed by atoms with Crippen LogP contribution in [0.3, 0.4) is 0 Å². The summed E-state index contributed by atoms with van der Waals surface area (Å²) in [6, 6.07) is 11.7. The highest BCUT2D eigenvalue weighted by atomic mass is 16.5. The second kappa shape index (κ2) is 6.20. The van der Waals surface area contributed by atoms with E-state index in [0.717, 1.165) is 35.1 Å². The summed E-state index contributed by atoms with van der Waals surface area (Å²) in [4.78, 5) is 12.7. The Morgan fingerprint density at radius 1 is 1.22 bits per heavy atom. The standard InChI is InChI=1S/C19H23NO3/c1-4-23-17-12-11-16(14-7-5-6-8-15(14)17)20-18(21)19(2,22-3)13-9-10-13/h5-8,11-13H,4,9-10H2,1-3H3,(H,20,21). The summed E-state index contributed by atoms with van der Waals surface area (Å²) in [6.07, 6.45) is 2.09. The lowest BCUT2D eigenvalue weighted by atomic mass is 9.98. The Balaban J connectivity index is 1.94. The van der Waals surface area contributed by atoms with Crippen LogP contribution in [0.15, 0.2) is 36.4 Å². The number of hydrogen-bond acceptors (Lipinski definition) is 3. The molecule has 1 unspecified atom stereocenters. The van der Waals surface area contributed by atoms with E-state index in [4.69, 9.17) is 9.47 Å². The zero-order valence-electron chi connectivity index (χ0n) is 13.9. The number of hydrogen-bond donors (Lipinski definition) is 1. The summed E-state index contributed by atoms with van der Waals surface area (Å²) in [5, 5.41) is 5.02. The topological polar surface area (TPSA) is 47.6 Å². The van der Waals surface area contributed by atoms with Crippen molar-refractivity contribution in [1.29, 1.82) is 0 Å². The monoisotopic (exact) mass is 313 g/mol. The van der Waals surface area contributed by atoms with Crippen LogP contribution < -0.4 is 10.1 Å². The number of carbonyl (C=O) groups excluding carboxylic acids is 1. The molecule has 1 saturated carbocycles. The van der Waals surface area contributed by atoms with Crippen LogP contribution in [0.2, 0.25) is 0 Å². The highest BCUT2D eigenvalue weighted by molar-refractivity contribution is 6.06. The van der Waals surface area contributed by atoms with Crippen molar-refractivity contribution in [2.24, 2.45) is 5.92 Å². The van der Waals surface area contributed by atoms with E-state index in [-0.39, 0.29) is 5.91 Å². The van der Waals surface area contributed by atoms with Crippen LogP contribution in [-0.2, 0) is 9.53 Å². The molecule has 2 aromatic rings. The van der Waals surface area contributed by atoms with Gasteiger partial charge in [-0.2, -0.15) is 0 Å². The molecule has 1 aliphatic rings. The first kappa shape index (κ1) is 15.8. The summed E-state index contributed by atoms with van der Waals surface area (Å²) in [5.74, 6) is 1.05. The third-order valence-electron chi connectivity index (χ3n) is 4.66. The number of nitrogens with one attached hydrogen (secondary N) is 1. The fraction of sp³-hybridized carbons (Fsp3) is 0.421. The van der Waals surface area contributed by atoms with Crippen LogP contribution in [0.5, 0.6) is 5.75 Å². The van der Waals surface area contributed by atoms with Crippen LogP contribution in [0.1, 0.15) is 26.7 Å². The molecular weight excluding hydrogens is 290 g/mol. The van der Waals surface area contributed by atoms with Gasteiger partial charge >= 0.3 is 0 Å². The van der Waals surface area contributed by atoms with E-state index in [2.05, 4.69) is 5.32 Å². The second-order valence-corrected chi connectivity index (χ2v) is 6.13. The quantitative estimate of drug-likeness (QED) is 0.877. The maximum Gasteiger partial charge on any atom is 0.256 e. The van der Waals surface area contributed by atoms with Crippen LogP contribution in [0.4, 0.5) is 5.69 Å². The van der Waals surface area contributed by atoms with E-state index in [0.29, 0.717) is 12.5 Å². The van der Waals surface area contributed by atoms with Gasteiger partial charge in [-0.15, -0.1) is 0 Å². The average Bonchev–Trinajstić information content (AvgIpc) is 3.41. The van der Waals surface area contributed by atoms with Crippen molar-refractivity contribution < 1.29 is 14.3 Å². The van der Waals surface area contributed by atoms with Gasteiger partial charge in [0.15, 0.2) is 0 Å². The van der Waals surface area contributed by atoms with Crippen LogP contribution in [-0.4, -0.2) is 25.2 Å². The Kier molecular flexibility index (Phi) is 4.26. The molecule has 1 amide bonds. The van der Waals surface area contributed by atoms with Gasteiger partial charge in [-0.05, 0) is 44.7 Å². The first-order valence-corrected chi connectivity index (χ1v) is 8.11. The van der Waals surface area contributed by atoms with Crippen molar-refractivity contribution in [3.05, 3.63) is 36.4 Å². The van der Waals surface area contributed by atoms with Gasteiger partial charge < -0.3 is 14.8 Å². The molecular formula is C19H23NO3. The molecule has 0 bridgehead atoms. The number of benzene rings is 2. The van der Waals surface area contributed by atoms with Crippen molar-refractivity contribution in [3.8, 4) is 5.75 Å². The fourth-order valence-electron chi connectivity index (χ4n) is 2.99. The van der Waals surface area contributed by atoms with E-state index in [1.54, 1.807) is 7.11 Å². The number of rotatable bonds is 6. The van der Waals surface area contributed by atoms with E-state index in [1.807, 2.05) is 50.2 Å². The molecule has 1 N–H and O–H groups in total. The first-order valence-electron chi connectivity index (χ1n) is 8.11. The lowest BCUT2D eigenvalue weighted by Gasteiger charge is -2.27. The maximum atomic E-state index is 12.7. The molecule has 0 saturated heterocycles. The van der Waals surface area contributed by atoms with E-state index in [9.17, 15) is 4.79 Å². The van der Waals surface area contributed by atoms with Gasteiger partial charge in [-0.1, -0.05) is 24.3 Å². The normalized spacial score (nSPS) is 16.8. The summed E-state index contributed by atoms with van der Waals surface area (Å²) in [5.41, 5.74) is 0.0256. The number of fused-ring (bicyclic) bond motifs is 1. The van der Waals surface area contributed by atoms with Crippen molar-refractivity contribution in [1.82, 2.24) is 0 Å². The molecule has 0 aromatic heterocycles. The molecule has 1 atom stereocenters. The first-order chi connectivity index (χ1) is 11.1. The van der Waals surface area contributed by atoms with E-state index >= 15 is 0 Å². The molecule has 4 heteroatoms. The minimum absolute atomic E-state index is 0.0863. The zero-order chi connectivity index (χ0) is 16.4. The Labute approximate surface area is 136 Å². The minimum atomic E-state index is -0.764. The third kappa shape index (κ3) is 2.91. The van der Waals surface area contributed by atoms with Gasteiger partial charge in [0.05, 0.1) is 6.61 Å². The molecule has 122 valence electrons. The highest BCUT2D eigenvalue weighted by Crippen LogP contribution is 2.42. The van der Waals surface area contributed by atoms with Crippen molar-refractivity contribution in [2.45, 2.75) is 32.3 Å². The maximum absolute atomic E-state index is 12.7. The predicted molar refractivity (Wildman–Crippen MR) is 91.9 cm³/mol. The molecule has 0 radical (unpaired) electrons. The lowest BCUT2D eigenvalue weighted by Crippen LogP contribution is -2.44. The predicted octanol–water partition coefficient (Wildman–Crippen LogP) is 3.99. The smallest absolute Gasteiger partial charge is 0.256 e. The van der Waals surface area contributed by atoms with Crippen LogP contribution in [0.25, 0.3) is 10.8 Å². The van der Waals surface area contributed by atoms with Gasteiger partial charge in [0.1, 0.15) is 11.4 Å². The number of anilines is 1.